The van der Waals surface area contributed by atoms with Gasteiger partial charge in [-0.15, -0.1) is 0 Å². The Hall–Kier alpha value is -4.08. The van der Waals surface area contributed by atoms with E-state index in [1.165, 1.54) is 0 Å². The zero-order valence-corrected chi connectivity index (χ0v) is 21.3. The molecule has 3 aromatic rings. The van der Waals surface area contributed by atoms with Crippen LogP contribution < -0.4 is 15.4 Å². The highest BCUT2D eigenvalue weighted by Gasteiger charge is 2.36. The Labute approximate surface area is 222 Å². The summed E-state index contributed by atoms with van der Waals surface area (Å²) < 4.78 is 5.52. The molecule has 37 heavy (non-hydrogen) atoms. The molecule has 1 aliphatic rings. The molecule has 1 heterocycles. The van der Waals surface area contributed by atoms with Crippen LogP contribution in [0.1, 0.15) is 11.1 Å². The summed E-state index contributed by atoms with van der Waals surface area (Å²) in [6.45, 7) is 1.30. The fourth-order valence-electron chi connectivity index (χ4n) is 3.33. The van der Waals surface area contributed by atoms with Crippen molar-refractivity contribution < 1.29 is 23.9 Å². The summed E-state index contributed by atoms with van der Waals surface area (Å²) in [5.41, 5.74) is 2.72. The summed E-state index contributed by atoms with van der Waals surface area (Å²) in [6.07, 6.45) is 1.57. The van der Waals surface area contributed by atoms with Gasteiger partial charge in [-0.1, -0.05) is 48.0 Å². The molecule has 1 aliphatic heterocycles. The lowest BCUT2D eigenvalue weighted by molar-refractivity contribution is -0.127. The Balaban J connectivity index is 1.30. The molecular weight excluding hydrogens is 514 g/mol. The Morgan fingerprint density at radius 1 is 0.946 bits per heavy atom. The first-order valence-corrected chi connectivity index (χ1v) is 12.4. The number of thioether (sulfide) groups is 1. The minimum Gasteiger partial charge on any atom is -0.484 e. The highest BCUT2D eigenvalue weighted by atomic mass is 35.5. The number of halogens is 1. The summed E-state index contributed by atoms with van der Waals surface area (Å²) in [5.74, 6) is -0.883. The molecule has 1 saturated heterocycles. The van der Waals surface area contributed by atoms with Gasteiger partial charge in [-0.3, -0.25) is 24.1 Å². The van der Waals surface area contributed by atoms with E-state index in [1.807, 2.05) is 19.1 Å². The van der Waals surface area contributed by atoms with Gasteiger partial charge in [0.05, 0.1) is 4.91 Å². The van der Waals surface area contributed by atoms with E-state index in [0.29, 0.717) is 27.7 Å². The van der Waals surface area contributed by atoms with Crippen LogP contribution in [0.15, 0.2) is 77.7 Å². The van der Waals surface area contributed by atoms with Crippen LogP contribution in [-0.4, -0.2) is 41.0 Å². The van der Waals surface area contributed by atoms with E-state index in [9.17, 15) is 19.2 Å². The van der Waals surface area contributed by atoms with Crippen LogP contribution in [-0.2, 0) is 14.4 Å². The van der Waals surface area contributed by atoms with Gasteiger partial charge >= 0.3 is 0 Å². The number of benzene rings is 3. The van der Waals surface area contributed by atoms with Crippen molar-refractivity contribution in [2.45, 2.75) is 6.92 Å². The molecule has 0 aliphatic carbocycles. The molecule has 188 valence electrons. The van der Waals surface area contributed by atoms with Gasteiger partial charge in [-0.05, 0) is 72.3 Å². The van der Waals surface area contributed by atoms with Crippen molar-refractivity contribution in [3.8, 4) is 5.75 Å². The number of nitrogens with one attached hydrogen (secondary N) is 2. The highest BCUT2D eigenvalue weighted by Crippen LogP contribution is 2.32. The maximum atomic E-state index is 12.7. The Morgan fingerprint density at radius 3 is 2.35 bits per heavy atom. The summed E-state index contributed by atoms with van der Waals surface area (Å²) in [6, 6.07) is 20.7. The van der Waals surface area contributed by atoms with Gasteiger partial charge in [0.25, 0.3) is 17.1 Å². The van der Waals surface area contributed by atoms with Crippen LogP contribution in [0.4, 0.5) is 16.2 Å². The normalized spacial score (nSPS) is 14.1. The van der Waals surface area contributed by atoms with Crippen LogP contribution in [0.25, 0.3) is 6.08 Å². The van der Waals surface area contributed by atoms with E-state index in [-0.39, 0.29) is 24.0 Å². The van der Waals surface area contributed by atoms with E-state index >= 15 is 0 Å². The predicted octanol–water partition coefficient (Wildman–Crippen LogP) is 5.34. The van der Waals surface area contributed by atoms with E-state index in [2.05, 4.69) is 10.6 Å². The molecule has 0 aromatic heterocycles. The maximum Gasteiger partial charge on any atom is 0.294 e. The molecule has 10 heteroatoms. The second-order valence-corrected chi connectivity index (χ2v) is 9.45. The van der Waals surface area contributed by atoms with E-state index < -0.39 is 17.1 Å². The third-order valence-corrected chi connectivity index (χ3v) is 6.55. The number of rotatable bonds is 8. The summed E-state index contributed by atoms with van der Waals surface area (Å²) >= 11 is 6.84. The average molecular weight is 536 g/mol. The van der Waals surface area contributed by atoms with Crippen molar-refractivity contribution in [3.63, 3.8) is 0 Å². The summed E-state index contributed by atoms with van der Waals surface area (Å²) in [7, 11) is 0. The number of hydrogen-bond donors (Lipinski definition) is 2. The maximum absolute atomic E-state index is 12.7. The molecule has 0 unspecified atom stereocenters. The molecule has 0 saturated carbocycles. The number of imide groups is 1. The quantitative estimate of drug-likeness (QED) is 0.377. The number of nitrogens with zero attached hydrogens (tertiary/aromatic N) is 1. The van der Waals surface area contributed by atoms with Gasteiger partial charge in [-0.2, -0.15) is 0 Å². The summed E-state index contributed by atoms with van der Waals surface area (Å²) in [5, 5.41) is 5.42. The number of carbonyl (C=O) groups excluding carboxylic acids is 4. The molecule has 0 radical (unpaired) electrons. The second-order valence-electron chi connectivity index (χ2n) is 8.05. The lowest BCUT2D eigenvalue weighted by Gasteiger charge is -2.12. The van der Waals surface area contributed by atoms with Gasteiger partial charge in [0.1, 0.15) is 12.3 Å². The van der Waals surface area contributed by atoms with Gasteiger partial charge < -0.3 is 15.4 Å². The highest BCUT2D eigenvalue weighted by molar-refractivity contribution is 8.18. The van der Waals surface area contributed by atoms with Crippen LogP contribution in [0.5, 0.6) is 5.75 Å². The van der Waals surface area contributed by atoms with E-state index in [0.717, 1.165) is 22.2 Å². The van der Waals surface area contributed by atoms with Crippen molar-refractivity contribution in [1.29, 1.82) is 0 Å². The molecule has 8 nitrogen and oxygen atoms in total. The molecule has 0 atom stereocenters. The minimum atomic E-state index is -0.536. The first-order chi connectivity index (χ1) is 17.8. The van der Waals surface area contributed by atoms with Crippen LogP contribution >= 0.6 is 23.4 Å². The smallest absolute Gasteiger partial charge is 0.294 e. The zero-order chi connectivity index (χ0) is 26.4. The molecule has 2 N–H and O–H groups in total. The Kier molecular flexibility index (Phi) is 8.27. The largest absolute Gasteiger partial charge is 0.484 e. The zero-order valence-electron chi connectivity index (χ0n) is 19.7. The first-order valence-electron chi connectivity index (χ1n) is 11.2. The van der Waals surface area contributed by atoms with Crippen LogP contribution in [0, 0.1) is 6.92 Å². The monoisotopic (exact) mass is 535 g/mol. The molecule has 3 aromatic carbocycles. The SMILES string of the molecule is Cc1ccc(NC(=O)COc2ccc(/C=C3\SC(=O)N(CC(=O)Nc4ccccc4)C3=O)cc2)cc1Cl. The van der Waals surface area contributed by atoms with Crippen molar-refractivity contribution in [1.82, 2.24) is 4.90 Å². The van der Waals surface area contributed by atoms with E-state index in [4.69, 9.17) is 16.3 Å². The lowest BCUT2D eigenvalue weighted by atomic mass is 10.2. The van der Waals surface area contributed by atoms with Crippen molar-refractivity contribution in [3.05, 3.63) is 93.9 Å². The number of anilines is 2. The number of carbonyl (C=O) groups is 4. The third kappa shape index (κ3) is 6.99. The molecule has 4 amide bonds. The molecule has 0 spiro atoms. The van der Waals surface area contributed by atoms with Crippen molar-refractivity contribution in [2.75, 3.05) is 23.8 Å². The fraction of sp³-hybridized carbons (Fsp3) is 0.111. The van der Waals surface area contributed by atoms with Crippen LogP contribution in [0.3, 0.4) is 0 Å². The molecule has 4 rings (SSSR count). The standard InChI is InChI=1S/C27H22ClN3O5S/c1-17-7-10-20(14-22(17)28)30-25(33)16-36-21-11-8-18(9-12-21)13-23-26(34)31(27(35)37-23)15-24(32)29-19-5-3-2-4-6-19/h2-14H,15-16H2,1H3,(H,29,32)(H,30,33)/b23-13-. The van der Waals surface area contributed by atoms with Crippen molar-refractivity contribution in [2.24, 2.45) is 0 Å². The van der Waals surface area contributed by atoms with Gasteiger partial charge in [0, 0.05) is 16.4 Å². The second kappa shape index (κ2) is 11.8. The Bertz CT molecular complexity index is 1380. The number of amides is 4. The van der Waals surface area contributed by atoms with Crippen LogP contribution in [0.2, 0.25) is 5.02 Å². The average Bonchev–Trinajstić information content (AvgIpc) is 3.13. The summed E-state index contributed by atoms with van der Waals surface area (Å²) in [4.78, 5) is 50.6. The lowest BCUT2D eigenvalue weighted by Crippen LogP contribution is -2.36. The Morgan fingerprint density at radius 2 is 1.65 bits per heavy atom. The molecule has 1 fully saturated rings. The third-order valence-electron chi connectivity index (χ3n) is 5.24. The van der Waals surface area contributed by atoms with Gasteiger partial charge in [0.2, 0.25) is 5.91 Å². The van der Waals surface area contributed by atoms with Gasteiger partial charge in [-0.25, -0.2) is 0 Å². The van der Waals surface area contributed by atoms with Gasteiger partial charge in [0.15, 0.2) is 6.61 Å². The van der Waals surface area contributed by atoms with Crippen molar-refractivity contribution >= 4 is 63.8 Å². The first kappa shape index (κ1) is 26.0. The fourth-order valence-corrected chi connectivity index (χ4v) is 4.35. The predicted molar refractivity (Wildman–Crippen MR) is 145 cm³/mol. The minimum absolute atomic E-state index is 0.200. The number of ether oxygens (including phenoxy) is 1. The molecule has 0 bridgehead atoms. The number of aryl methyl sites for hydroxylation is 1. The van der Waals surface area contributed by atoms with E-state index in [1.54, 1.807) is 66.7 Å². The topological polar surface area (TPSA) is 105 Å². The number of para-hydroxylation sites is 1. The number of hydrogen-bond acceptors (Lipinski definition) is 6. The molecular formula is C27H22ClN3O5S.